The molecule has 0 radical (unpaired) electrons. The highest BCUT2D eigenvalue weighted by Crippen LogP contribution is 2.25. The summed E-state index contributed by atoms with van der Waals surface area (Å²) in [6.07, 6.45) is 2.23. The van der Waals surface area contributed by atoms with Crippen LogP contribution in [0.1, 0.15) is 32.3 Å². The van der Waals surface area contributed by atoms with E-state index >= 15 is 0 Å². The maximum Gasteiger partial charge on any atom is 0.135 e. The highest BCUT2D eigenvalue weighted by molar-refractivity contribution is 5.50. The number of ether oxygens (including phenoxy) is 2. The molecule has 0 saturated heterocycles. The van der Waals surface area contributed by atoms with Crippen molar-refractivity contribution in [3.05, 3.63) is 23.8 Å². The molecule has 0 spiro atoms. The van der Waals surface area contributed by atoms with Gasteiger partial charge in [-0.15, -0.1) is 0 Å². The van der Waals surface area contributed by atoms with Gasteiger partial charge in [-0.3, -0.25) is 0 Å². The fourth-order valence-corrected chi connectivity index (χ4v) is 1.65. The van der Waals surface area contributed by atoms with Gasteiger partial charge in [0.2, 0.25) is 0 Å². The van der Waals surface area contributed by atoms with E-state index in [0.29, 0.717) is 0 Å². The first-order valence-corrected chi connectivity index (χ1v) is 6.15. The molecule has 3 nitrogen and oxygen atoms in total. The Balaban J connectivity index is 2.94. The summed E-state index contributed by atoms with van der Waals surface area (Å²) in [5, 5.41) is 8.77. The number of rotatable bonds is 5. The van der Waals surface area contributed by atoms with E-state index in [0.717, 1.165) is 29.9 Å². The molecule has 1 atom stereocenters. The molecular formula is C15H20O3. The summed E-state index contributed by atoms with van der Waals surface area (Å²) in [5.41, 5.74) is 0.742. The van der Waals surface area contributed by atoms with Crippen LogP contribution in [-0.2, 0) is 0 Å². The third-order valence-electron chi connectivity index (χ3n) is 2.51. The van der Waals surface area contributed by atoms with E-state index in [4.69, 9.17) is 14.6 Å². The summed E-state index contributed by atoms with van der Waals surface area (Å²) in [7, 11) is 1.61. The number of hydrogen-bond donors (Lipinski definition) is 1. The lowest BCUT2D eigenvalue weighted by Crippen LogP contribution is -2.11. The molecule has 1 N–H and O–H groups in total. The van der Waals surface area contributed by atoms with Crippen molar-refractivity contribution in [3.8, 4) is 23.3 Å². The molecule has 0 bridgehead atoms. The fourth-order valence-electron chi connectivity index (χ4n) is 1.65. The van der Waals surface area contributed by atoms with Crippen LogP contribution in [0.5, 0.6) is 11.5 Å². The minimum atomic E-state index is -0.166. The van der Waals surface area contributed by atoms with Gasteiger partial charge in [-0.2, -0.15) is 0 Å². The van der Waals surface area contributed by atoms with Crippen LogP contribution >= 0.6 is 0 Å². The van der Waals surface area contributed by atoms with Crippen molar-refractivity contribution < 1.29 is 14.6 Å². The Hall–Kier alpha value is -1.66. The highest BCUT2D eigenvalue weighted by atomic mass is 16.5. The molecule has 0 heterocycles. The van der Waals surface area contributed by atoms with Crippen molar-refractivity contribution in [1.29, 1.82) is 0 Å². The van der Waals surface area contributed by atoms with Gasteiger partial charge >= 0.3 is 0 Å². The maximum absolute atomic E-state index is 8.77. The van der Waals surface area contributed by atoms with Crippen LogP contribution in [0.15, 0.2) is 18.2 Å². The minimum absolute atomic E-state index is 0.151. The minimum Gasteiger partial charge on any atom is -0.497 e. The molecule has 3 heteroatoms. The molecule has 1 aromatic rings. The molecule has 0 saturated carbocycles. The van der Waals surface area contributed by atoms with E-state index < -0.39 is 0 Å². The molecule has 1 aromatic carbocycles. The molecule has 1 unspecified atom stereocenters. The predicted octanol–water partition coefficient (Wildman–Crippen LogP) is 2.61. The van der Waals surface area contributed by atoms with E-state index in [1.807, 2.05) is 25.1 Å². The zero-order valence-electron chi connectivity index (χ0n) is 11.2. The molecule has 1 rings (SSSR count). The second kappa shape index (κ2) is 7.62. The molecule has 0 aliphatic rings. The number of hydrogen-bond acceptors (Lipinski definition) is 3. The smallest absolute Gasteiger partial charge is 0.135 e. The lowest BCUT2D eigenvalue weighted by molar-refractivity contribution is 0.209. The summed E-state index contributed by atoms with van der Waals surface area (Å²) in [4.78, 5) is 0. The average molecular weight is 248 g/mol. The van der Waals surface area contributed by atoms with E-state index in [1.165, 1.54) is 0 Å². The molecule has 0 fully saturated rings. The Morgan fingerprint density at radius 2 is 2.17 bits per heavy atom. The van der Waals surface area contributed by atoms with Crippen LogP contribution in [0, 0.1) is 11.8 Å². The Morgan fingerprint density at radius 1 is 1.39 bits per heavy atom. The number of methoxy groups -OCH3 is 1. The Labute approximate surface area is 109 Å². The first-order valence-electron chi connectivity index (χ1n) is 6.15. The van der Waals surface area contributed by atoms with Crippen molar-refractivity contribution in [2.75, 3.05) is 13.7 Å². The van der Waals surface area contributed by atoms with Gasteiger partial charge in [0, 0.05) is 0 Å². The lowest BCUT2D eigenvalue weighted by Gasteiger charge is -2.15. The standard InChI is InChI=1S/C15H20O3/c1-4-6-12(2)18-15-9-8-14(17-3)11-13(15)7-5-10-16/h8-9,11-12,16H,4,6,10H2,1-3H3. The monoisotopic (exact) mass is 248 g/mol. The summed E-state index contributed by atoms with van der Waals surface area (Å²) in [5.74, 6) is 6.97. The van der Waals surface area contributed by atoms with Crippen molar-refractivity contribution in [1.82, 2.24) is 0 Å². The Bertz CT molecular complexity index is 429. The topological polar surface area (TPSA) is 38.7 Å². The molecule has 0 aliphatic carbocycles. The van der Waals surface area contributed by atoms with E-state index in [1.54, 1.807) is 7.11 Å². The lowest BCUT2D eigenvalue weighted by atomic mass is 10.1. The normalized spacial score (nSPS) is 11.3. The molecule has 98 valence electrons. The largest absolute Gasteiger partial charge is 0.497 e. The molecule has 0 aromatic heterocycles. The van der Waals surface area contributed by atoms with Crippen LogP contribution in [0.2, 0.25) is 0 Å². The van der Waals surface area contributed by atoms with Gasteiger partial charge in [0.05, 0.1) is 18.8 Å². The molecule has 0 amide bonds. The van der Waals surface area contributed by atoms with Crippen LogP contribution in [-0.4, -0.2) is 24.9 Å². The Morgan fingerprint density at radius 3 is 2.78 bits per heavy atom. The molecular weight excluding hydrogens is 228 g/mol. The van der Waals surface area contributed by atoms with Crippen molar-refractivity contribution in [2.24, 2.45) is 0 Å². The Kier molecular flexibility index (Phi) is 6.10. The zero-order valence-corrected chi connectivity index (χ0v) is 11.2. The molecule has 18 heavy (non-hydrogen) atoms. The van der Waals surface area contributed by atoms with Gasteiger partial charge in [-0.05, 0) is 31.5 Å². The number of benzene rings is 1. The van der Waals surface area contributed by atoms with Crippen LogP contribution in [0.3, 0.4) is 0 Å². The highest BCUT2D eigenvalue weighted by Gasteiger charge is 2.08. The van der Waals surface area contributed by atoms with Crippen molar-refractivity contribution in [2.45, 2.75) is 32.8 Å². The summed E-state index contributed by atoms with van der Waals surface area (Å²) >= 11 is 0. The zero-order chi connectivity index (χ0) is 13.4. The van der Waals surface area contributed by atoms with Gasteiger partial charge in [-0.1, -0.05) is 25.2 Å². The third kappa shape index (κ3) is 4.31. The second-order valence-corrected chi connectivity index (χ2v) is 4.04. The van der Waals surface area contributed by atoms with Gasteiger partial charge in [0.15, 0.2) is 0 Å². The maximum atomic E-state index is 8.77. The first-order chi connectivity index (χ1) is 8.71. The van der Waals surface area contributed by atoms with Crippen molar-refractivity contribution >= 4 is 0 Å². The summed E-state index contributed by atoms with van der Waals surface area (Å²) < 4.78 is 11.0. The third-order valence-corrected chi connectivity index (χ3v) is 2.51. The van der Waals surface area contributed by atoms with E-state index in [9.17, 15) is 0 Å². The van der Waals surface area contributed by atoms with Crippen LogP contribution in [0.4, 0.5) is 0 Å². The predicted molar refractivity (Wildman–Crippen MR) is 72.0 cm³/mol. The van der Waals surface area contributed by atoms with Crippen LogP contribution in [0.25, 0.3) is 0 Å². The van der Waals surface area contributed by atoms with Crippen molar-refractivity contribution in [3.63, 3.8) is 0 Å². The first kappa shape index (κ1) is 14.4. The number of aliphatic hydroxyl groups excluding tert-OH is 1. The van der Waals surface area contributed by atoms with Gasteiger partial charge < -0.3 is 14.6 Å². The van der Waals surface area contributed by atoms with E-state index in [2.05, 4.69) is 18.8 Å². The van der Waals surface area contributed by atoms with Crippen LogP contribution < -0.4 is 9.47 Å². The second-order valence-electron chi connectivity index (χ2n) is 4.04. The summed E-state index contributed by atoms with van der Waals surface area (Å²) in [6, 6.07) is 5.52. The average Bonchev–Trinajstić information content (AvgIpc) is 2.37. The molecule has 0 aliphatic heterocycles. The van der Waals surface area contributed by atoms with Gasteiger partial charge in [-0.25, -0.2) is 0 Å². The van der Waals surface area contributed by atoms with Gasteiger partial charge in [0.25, 0.3) is 0 Å². The summed E-state index contributed by atoms with van der Waals surface area (Å²) in [6.45, 7) is 4.00. The SMILES string of the molecule is CCCC(C)Oc1ccc(OC)cc1C#CCO. The number of aliphatic hydroxyl groups is 1. The fraction of sp³-hybridized carbons (Fsp3) is 0.467. The van der Waals surface area contributed by atoms with E-state index in [-0.39, 0.29) is 12.7 Å². The van der Waals surface area contributed by atoms with Gasteiger partial charge in [0.1, 0.15) is 18.1 Å². The quantitative estimate of drug-likeness (QED) is 0.814.